The molecule has 1 amide bonds. The van der Waals surface area contributed by atoms with E-state index in [0.29, 0.717) is 13.1 Å². The number of carbonyl (C=O) groups excluding carboxylic acids is 1. The maximum absolute atomic E-state index is 12.9. The predicted octanol–water partition coefficient (Wildman–Crippen LogP) is 1.19. The van der Waals surface area contributed by atoms with Gasteiger partial charge in [0.05, 0.1) is 10.6 Å². The molecule has 22 heavy (non-hydrogen) atoms. The van der Waals surface area contributed by atoms with Crippen molar-refractivity contribution in [3.05, 3.63) is 30.1 Å². The van der Waals surface area contributed by atoms with E-state index in [-0.39, 0.29) is 22.6 Å². The van der Waals surface area contributed by atoms with Gasteiger partial charge < -0.3 is 10.6 Å². The van der Waals surface area contributed by atoms with Gasteiger partial charge in [0.15, 0.2) is 9.84 Å². The van der Waals surface area contributed by atoms with E-state index >= 15 is 0 Å². The Kier molecular flexibility index (Phi) is 5.18. The summed E-state index contributed by atoms with van der Waals surface area (Å²) in [5.41, 5.74) is 5.85. The van der Waals surface area contributed by atoms with Crippen molar-refractivity contribution in [1.82, 2.24) is 4.90 Å². The van der Waals surface area contributed by atoms with Gasteiger partial charge in [-0.05, 0) is 37.1 Å². The van der Waals surface area contributed by atoms with Gasteiger partial charge in [-0.15, -0.1) is 0 Å². The third-order valence-electron chi connectivity index (χ3n) is 3.83. The van der Waals surface area contributed by atoms with Crippen molar-refractivity contribution in [2.24, 2.45) is 11.7 Å². The zero-order valence-corrected chi connectivity index (χ0v) is 13.4. The lowest BCUT2D eigenvalue weighted by molar-refractivity contribution is -0.135. The molecule has 1 aromatic rings. The van der Waals surface area contributed by atoms with Crippen molar-refractivity contribution in [3.8, 4) is 0 Å². The molecule has 0 aliphatic carbocycles. The van der Waals surface area contributed by atoms with Gasteiger partial charge in [-0.1, -0.05) is 6.92 Å². The van der Waals surface area contributed by atoms with Crippen LogP contribution in [0.4, 0.5) is 4.39 Å². The van der Waals surface area contributed by atoms with Crippen molar-refractivity contribution in [2.45, 2.75) is 30.7 Å². The summed E-state index contributed by atoms with van der Waals surface area (Å²) in [4.78, 5) is 14.0. The third kappa shape index (κ3) is 4.04. The Morgan fingerprint density at radius 3 is 2.64 bits per heavy atom. The fourth-order valence-corrected chi connectivity index (χ4v) is 4.20. The first kappa shape index (κ1) is 16.9. The molecular weight excluding hydrogens is 307 g/mol. The second-order valence-electron chi connectivity index (χ2n) is 5.82. The summed E-state index contributed by atoms with van der Waals surface area (Å²) in [6.45, 7) is 2.69. The molecule has 5 nitrogen and oxygen atoms in total. The highest BCUT2D eigenvalue weighted by molar-refractivity contribution is 7.91. The minimum absolute atomic E-state index is 0.0314. The highest BCUT2D eigenvalue weighted by Gasteiger charge is 2.29. The molecule has 0 saturated carbocycles. The van der Waals surface area contributed by atoms with Gasteiger partial charge in [-0.3, -0.25) is 4.79 Å². The van der Waals surface area contributed by atoms with Gasteiger partial charge in [0.25, 0.3) is 0 Å². The molecule has 7 heteroatoms. The summed E-state index contributed by atoms with van der Waals surface area (Å²) in [5.74, 6) is -1.63. The monoisotopic (exact) mass is 328 g/mol. The van der Waals surface area contributed by atoms with Crippen LogP contribution in [0.3, 0.4) is 0 Å². The third-order valence-corrected chi connectivity index (χ3v) is 5.76. The number of nitrogens with zero attached hydrogens (tertiary/aromatic N) is 1. The van der Waals surface area contributed by atoms with E-state index in [4.69, 9.17) is 5.73 Å². The Hall–Kier alpha value is -1.47. The standard InChI is InChI=1S/C15H21FN2O3S/c1-11(15(19)18-8-2-3-13(17)9-18)10-22(20,21)14-6-4-12(16)5-7-14/h4-7,11,13H,2-3,8-10,17H2,1H3. The number of halogens is 1. The summed E-state index contributed by atoms with van der Waals surface area (Å²) in [5, 5.41) is 0. The number of carbonyl (C=O) groups is 1. The Balaban J connectivity index is 2.05. The molecule has 1 fully saturated rings. The van der Waals surface area contributed by atoms with E-state index < -0.39 is 21.6 Å². The first-order valence-corrected chi connectivity index (χ1v) is 8.97. The highest BCUT2D eigenvalue weighted by Crippen LogP contribution is 2.18. The molecule has 0 radical (unpaired) electrons. The van der Waals surface area contributed by atoms with Crippen LogP contribution in [0.2, 0.25) is 0 Å². The van der Waals surface area contributed by atoms with Crippen LogP contribution in [0, 0.1) is 11.7 Å². The van der Waals surface area contributed by atoms with Crippen LogP contribution in [0.1, 0.15) is 19.8 Å². The highest BCUT2D eigenvalue weighted by atomic mass is 32.2. The lowest BCUT2D eigenvalue weighted by Gasteiger charge is -2.32. The fraction of sp³-hybridized carbons (Fsp3) is 0.533. The molecule has 2 rings (SSSR count). The first-order chi connectivity index (χ1) is 10.3. The number of hydrogen-bond acceptors (Lipinski definition) is 4. The van der Waals surface area contributed by atoms with Crippen molar-refractivity contribution < 1.29 is 17.6 Å². The number of hydrogen-bond donors (Lipinski definition) is 1. The largest absolute Gasteiger partial charge is 0.341 e. The van der Waals surface area contributed by atoms with Crippen molar-refractivity contribution >= 4 is 15.7 Å². The van der Waals surface area contributed by atoms with E-state index in [1.807, 2.05) is 0 Å². The maximum atomic E-state index is 12.9. The maximum Gasteiger partial charge on any atom is 0.226 e. The summed E-state index contributed by atoms with van der Waals surface area (Å²) in [6.07, 6.45) is 1.72. The first-order valence-electron chi connectivity index (χ1n) is 7.32. The molecule has 2 atom stereocenters. The topological polar surface area (TPSA) is 80.5 Å². The molecule has 2 unspecified atom stereocenters. The van der Waals surface area contributed by atoms with Crippen LogP contribution < -0.4 is 5.73 Å². The zero-order valence-electron chi connectivity index (χ0n) is 12.5. The van der Waals surface area contributed by atoms with Crippen LogP contribution in [0.5, 0.6) is 0 Å². The SMILES string of the molecule is CC(CS(=O)(=O)c1ccc(F)cc1)C(=O)N1CCCC(N)C1. The van der Waals surface area contributed by atoms with Crippen LogP contribution in [-0.4, -0.2) is 44.1 Å². The molecule has 0 bridgehead atoms. The number of piperidine rings is 1. The molecule has 122 valence electrons. The van der Waals surface area contributed by atoms with E-state index in [9.17, 15) is 17.6 Å². The molecule has 0 aromatic heterocycles. The summed E-state index contributed by atoms with van der Waals surface area (Å²) in [6, 6.07) is 4.60. The lowest BCUT2D eigenvalue weighted by Crippen LogP contribution is -2.48. The number of benzene rings is 1. The van der Waals surface area contributed by atoms with Crippen LogP contribution >= 0.6 is 0 Å². The van der Waals surface area contributed by atoms with Crippen molar-refractivity contribution in [2.75, 3.05) is 18.8 Å². The normalized spacial score (nSPS) is 20.7. The average Bonchev–Trinajstić information content (AvgIpc) is 2.46. The van der Waals surface area contributed by atoms with Crippen molar-refractivity contribution in [3.63, 3.8) is 0 Å². The summed E-state index contributed by atoms with van der Waals surface area (Å²) < 4.78 is 37.5. The van der Waals surface area contributed by atoms with Crippen LogP contribution in [-0.2, 0) is 14.6 Å². The average molecular weight is 328 g/mol. The predicted molar refractivity (Wildman–Crippen MR) is 81.4 cm³/mol. The molecular formula is C15H21FN2O3S. The van der Waals surface area contributed by atoms with Crippen molar-refractivity contribution in [1.29, 1.82) is 0 Å². The Morgan fingerprint density at radius 2 is 2.05 bits per heavy atom. The van der Waals surface area contributed by atoms with Gasteiger partial charge in [0.1, 0.15) is 5.82 Å². The van der Waals surface area contributed by atoms with E-state index in [2.05, 4.69) is 0 Å². The minimum Gasteiger partial charge on any atom is -0.341 e. The molecule has 0 spiro atoms. The lowest BCUT2D eigenvalue weighted by atomic mass is 10.0. The van der Waals surface area contributed by atoms with Gasteiger partial charge in [-0.25, -0.2) is 12.8 Å². The zero-order chi connectivity index (χ0) is 16.3. The van der Waals surface area contributed by atoms with Gasteiger partial charge in [0.2, 0.25) is 5.91 Å². The second kappa shape index (κ2) is 6.75. The molecule has 1 saturated heterocycles. The molecule has 1 heterocycles. The van der Waals surface area contributed by atoms with E-state index in [0.717, 1.165) is 25.0 Å². The number of nitrogens with two attached hydrogens (primary N) is 1. The summed E-state index contributed by atoms with van der Waals surface area (Å²) >= 11 is 0. The Labute approximate surface area is 130 Å². The molecule has 1 aromatic carbocycles. The van der Waals surface area contributed by atoms with Crippen LogP contribution in [0.15, 0.2) is 29.2 Å². The van der Waals surface area contributed by atoms with E-state index in [1.54, 1.807) is 11.8 Å². The Bertz CT molecular complexity index is 631. The number of rotatable bonds is 4. The smallest absolute Gasteiger partial charge is 0.226 e. The quantitative estimate of drug-likeness (QED) is 0.842. The molecule has 2 N–H and O–H groups in total. The number of sulfone groups is 1. The number of amides is 1. The fourth-order valence-electron chi connectivity index (χ4n) is 2.66. The minimum atomic E-state index is -3.62. The molecule has 1 aliphatic heterocycles. The van der Waals surface area contributed by atoms with Crippen LogP contribution in [0.25, 0.3) is 0 Å². The van der Waals surface area contributed by atoms with Gasteiger partial charge >= 0.3 is 0 Å². The van der Waals surface area contributed by atoms with Gasteiger partial charge in [-0.2, -0.15) is 0 Å². The second-order valence-corrected chi connectivity index (χ2v) is 7.86. The number of likely N-dealkylation sites (tertiary alicyclic amines) is 1. The Morgan fingerprint density at radius 1 is 1.41 bits per heavy atom. The van der Waals surface area contributed by atoms with Gasteiger partial charge in [0, 0.05) is 25.0 Å². The summed E-state index contributed by atoms with van der Waals surface area (Å²) in [7, 11) is -3.62. The van der Waals surface area contributed by atoms with E-state index in [1.165, 1.54) is 12.1 Å². The molecule has 1 aliphatic rings.